The number of anilines is 1. The van der Waals surface area contributed by atoms with E-state index in [4.69, 9.17) is 10.5 Å². The molecule has 0 atom stereocenters. The Kier molecular flexibility index (Phi) is 5.53. The van der Waals surface area contributed by atoms with Crippen LogP contribution < -0.4 is 21.7 Å². The highest BCUT2D eigenvalue weighted by molar-refractivity contribution is 6.01. The summed E-state index contributed by atoms with van der Waals surface area (Å²) in [5.41, 5.74) is 4.71. The Hall–Kier alpha value is -2.87. The molecule has 4 rings (SSSR count). The Morgan fingerprint density at radius 3 is 2.45 bits per heavy atom. The largest absolute Gasteiger partial charge is 0.493 e. The number of aromatic amines is 1. The zero-order chi connectivity index (χ0) is 20.4. The lowest BCUT2D eigenvalue weighted by atomic mass is 9.97. The Morgan fingerprint density at radius 1 is 1.10 bits per heavy atom. The van der Waals surface area contributed by atoms with Gasteiger partial charge in [-0.3, -0.25) is 24.0 Å². The molecule has 1 aliphatic carbocycles. The molecule has 0 spiro atoms. The van der Waals surface area contributed by atoms with Gasteiger partial charge in [0, 0.05) is 6.04 Å². The Morgan fingerprint density at radius 2 is 1.79 bits per heavy atom. The fraction of sp³-hybridized carbons (Fsp3) is 0.476. The van der Waals surface area contributed by atoms with Crippen LogP contribution in [-0.4, -0.2) is 46.5 Å². The number of nitrogens with zero attached hydrogens (tertiary/aromatic N) is 2. The first-order valence-electron chi connectivity index (χ1n) is 10.1. The number of nitrogen functional groups attached to an aromatic ring is 1. The fourth-order valence-electron chi connectivity index (χ4n) is 3.85. The van der Waals surface area contributed by atoms with Crippen LogP contribution in [0.1, 0.15) is 42.1 Å². The first-order chi connectivity index (χ1) is 14.0. The predicted octanol–water partition coefficient (Wildman–Crippen LogP) is 1.43. The highest BCUT2D eigenvalue weighted by Crippen LogP contribution is 2.35. The number of hydrogen-bond donors (Lipinski definition) is 2. The molecule has 2 aromatic rings. The van der Waals surface area contributed by atoms with Gasteiger partial charge in [-0.05, 0) is 56.8 Å². The molecule has 0 amide bonds. The lowest BCUT2D eigenvalue weighted by molar-refractivity contribution is 0.0871. The summed E-state index contributed by atoms with van der Waals surface area (Å²) in [7, 11) is 0. The third kappa shape index (κ3) is 4.42. The molecule has 2 heterocycles. The van der Waals surface area contributed by atoms with Crippen LogP contribution in [0.25, 0.3) is 0 Å². The Labute approximate surface area is 168 Å². The lowest BCUT2D eigenvalue weighted by Gasteiger charge is -2.31. The summed E-state index contributed by atoms with van der Waals surface area (Å²) in [5, 5.41) is 0. The molecule has 154 valence electrons. The van der Waals surface area contributed by atoms with Crippen LogP contribution in [0.3, 0.4) is 0 Å². The van der Waals surface area contributed by atoms with Gasteiger partial charge in [-0.15, -0.1) is 0 Å². The molecule has 1 saturated heterocycles. The molecular weight excluding hydrogens is 372 g/mol. The number of H-pyrrole nitrogens is 1. The number of benzene rings is 1. The number of nitrogens with two attached hydrogens (primary N) is 1. The van der Waals surface area contributed by atoms with E-state index in [0.29, 0.717) is 12.5 Å². The number of carbonyl (C=O) groups excluding carboxylic acids is 1. The number of hydrogen-bond acceptors (Lipinski definition) is 6. The molecule has 2 fully saturated rings. The Balaban J connectivity index is 1.34. The average molecular weight is 398 g/mol. The van der Waals surface area contributed by atoms with Crippen molar-refractivity contribution in [2.24, 2.45) is 5.92 Å². The second kappa shape index (κ2) is 8.24. The molecule has 0 radical (unpaired) electrons. The van der Waals surface area contributed by atoms with Crippen LogP contribution in [-0.2, 0) is 0 Å². The molecule has 8 heteroatoms. The minimum Gasteiger partial charge on any atom is -0.493 e. The smallest absolute Gasteiger partial charge is 0.330 e. The number of para-hydroxylation sites is 1. The van der Waals surface area contributed by atoms with Crippen LogP contribution in [0.4, 0.5) is 5.82 Å². The molecule has 8 nitrogen and oxygen atoms in total. The second-order valence-electron chi connectivity index (χ2n) is 7.89. The van der Waals surface area contributed by atoms with E-state index in [1.165, 1.54) is 4.57 Å². The van der Waals surface area contributed by atoms with Gasteiger partial charge in [0.05, 0.1) is 13.2 Å². The maximum absolute atomic E-state index is 12.8. The van der Waals surface area contributed by atoms with Crippen molar-refractivity contribution in [3.63, 3.8) is 0 Å². The third-order valence-electron chi connectivity index (χ3n) is 5.68. The van der Waals surface area contributed by atoms with Gasteiger partial charge in [0.15, 0.2) is 5.78 Å². The topological polar surface area (TPSA) is 110 Å². The maximum atomic E-state index is 12.8. The third-order valence-corrected chi connectivity index (χ3v) is 5.68. The Bertz CT molecular complexity index is 986. The molecule has 1 aromatic carbocycles. The molecule has 1 aliphatic heterocycles. The summed E-state index contributed by atoms with van der Waals surface area (Å²) in [6, 6.07) is 9.73. The molecule has 3 N–H and O–H groups in total. The molecule has 0 bridgehead atoms. The van der Waals surface area contributed by atoms with Gasteiger partial charge in [-0.2, -0.15) is 0 Å². The maximum Gasteiger partial charge on any atom is 0.330 e. The van der Waals surface area contributed by atoms with Crippen molar-refractivity contribution >= 4 is 11.6 Å². The summed E-state index contributed by atoms with van der Waals surface area (Å²) < 4.78 is 7.18. The molecule has 1 aromatic heterocycles. The van der Waals surface area contributed by atoms with E-state index in [1.54, 1.807) is 0 Å². The fourth-order valence-corrected chi connectivity index (χ4v) is 3.85. The quantitative estimate of drug-likeness (QED) is 0.683. The van der Waals surface area contributed by atoms with Crippen LogP contribution >= 0.6 is 0 Å². The number of likely N-dealkylation sites (tertiary alicyclic amines) is 1. The molecule has 0 unspecified atom stereocenters. The highest BCUT2D eigenvalue weighted by Gasteiger charge is 2.31. The second-order valence-corrected chi connectivity index (χ2v) is 7.89. The van der Waals surface area contributed by atoms with Crippen molar-refractivity contribution in [1.82, 2.24) is 14.5 Å². The van der Waals surface area contributed by atoms with Crippen molar-refractivity contribution in [2.45, 2.75) is 31.7 Å². The van der Waals surface area contributed by atoms with E-state index in [1.807, 2.05) is 35.2 Å². The van der Waals surface area contributed by atoms with Crippen molar-refractivity contribution < 1.29 is 9.53 Å². The average Bonchev–Trinajstić information content (AvgIpc) is 3.53. The van der Waals surface area contributed by atoms with E-state index in [-0.39, 0.29) is 29.8 Å². The minimum atomic E-state index is -0.694. The number of ether oxygens (including phenoxy) is 1. The number of aromatic nitrogens is 2. The monoisotopic (exact) mass is 398 g/mol. The van der Waals surface area contributed by atoms with Crippen molar-refractivity contribution in [2.75, 3.05) is 32.0 Å². The summed E-state index contributed by atoms with van der Waals surface area (Å²) in [5.74, 6) is 0.965. The first kappa shape index (κ1) is 19.4. The van der Waals surface area contributed by atoms with E-state index in [2.05, 4.69) is 4.98 Å². The first-order valence-corrected chi connectivity index (χ1v) is 10.1. The number of rotatable bonds is 7. The number of Topliss-reactive ketones (excluding diaryl/α,β-unsaturated/α-hetero) is 1. The number of carbonyl (C=O) groups is 1. The minimum absolute atomic E-state index is 0.00241. The zero-order valence-electron chi connectivity index (χ0n) is 16.3. The van der Waals surface area contributed by atoms with E-state index >= 15 is 0 Å². The van der Waals surface area contributed by atoms with Gasteiger partial charge in [-0.1, -0.05) is 18.2 Å². The summed E-state index contributed by atoms with van der Waals surface area (Å²) in [6.45, 7) is 2.30. The van der Waals surface area contributed by atoms with Crippen LogP contribution in [0, 0.1) is 5.92 Å². The van der Waals surface area contributed by atoms with E-state index < -0.39 is 11.2 Å². The van der Waals surface area contributed by atoms with Crippen LogP contribution in [0.5, 0.6) is 5.75 Å². The highest BCUT2D eigenvalue weighted by atomic mass is 16.5. The standard InChI is InChI=1S/C21H26N4O4/c22-19-18(20(27)23-21(28)25(19)15-6-7-15)17(26)12-24-10-8-14(9-11-24)13-29-16-4-2-1-3-5-16/h1-5,14-15H,6-13,22H2,(H,23,27,28). The van der Waals surface area contributed by atoms with Gasteiger partial charge in [-0.25, -0.2) is 4.79 Å². The van der Waals surface area contributed by atoms with Crippen molar-refractivity contribution in [3.05, 3.63) is 56.7 Å². The molecule has 1 saturated carbocycles. The van der Waals surface area contributed by atoms with Crippen LogP contribution in [0.15, 0.2) is 39.9 Å². The van der Waals surface area contributed by atoms with Gasteiger partial charge < -0.3 is 10.5 Å². The zero-order valence-corrected chi connectivity index (χ0v) is 16.3. The molecule has 2 aliphatic rings. The van der Waals surface area contributed by atoms with Crippen molar-refractivity contribution in [1.29, 1.82) is 0 Å². The number of piperidine rings is 1. The SMILES string of the molecule is Nc1c(C(=O)CN2CCC(COc3ccccc3)CC2)c(=O)[nH]c(=O)n1C1CC1. The summed E-state index contributed by atoms with van der Waals surface area (Å²) in [4.78, 5) is 41.3. The van der Waals surface area contributed by atoms with Gasteiger partial charge in [0.25, 0.3) is 5.56 Å². The molecule has 29 heavy (non-hydrogen) atoms. The van der Waals surface area contributed by atoms with Gasteiger partial charge in [0.2, 0.25) is 0 Å². The predicted molar refractivity (Wildman–Crippen MR) is 109 cm³/mol. The van der Waals surface area contributed by atoms with E-state index in [9.17, 15) is 14.4 Å². The molecular formula is C21H26N4O4. The normalized spacial score (nSPS) is 17.9. The van der Waals surface area contributed by atoms with Crippen molar-refractivity contribution in [3.8, 4) is 5.75 Å². The lowest BCUT2D eigenvalue weighted by Crippen LogP contribution is -2.42. The van der Waals surface area contributed by atoms with Gasteiger partial charge >= 0.3 is 5.69 Å². The number of ketones is 1. The summed E-state index contributed by atoms with van der Waals surface area (Å²) >= 11 is 0. The number of nitrogens with one attached hydrogen (secondary N) is 1. The summed E-state index contributed by atoms with van der Waals surface area (Å²) in [6.07, 6.45) is 3.52. The van der Waals surface area contributed by atoms with Gasteiger partial charge in [0.1, 0.15) is 17.1 Å². The van der Waals surface area contributed by atoms with Crippen LogP contribution in [0.2, 0.25) is 0 Å². The van der Waals surface area contributed by atoms with E-state index in [0.717, 1.165) is 44.5 Å².